The molecule has 1 aliphatic carbocycles. The molecule has 0 aromatic heterocycles. The van der Waals surface area contributed by atoms with Gasteiger partial charge in [0.2, 0.25) is 5.69 Å². The van der Waals surface area contributed by atoms with Gasteiger partial charge in [-0.1, -0.05) is 71.3 Å². The number of hydrogen-bond donors (Lipinski definition) is 0. The van der Waals surface area contributed by atoms with Crippen LogP contribution in [0.4, 0.5) is 5.69 Å². The van der Waals surface area contributed by atoms with Gasteiger partial charge in [0.05, 0.1) is 11.6 Å². The van der Waals surface area contributed by atoms with Crippen LogP contribution in [0.15, 0.2) is 36.4 Å². The van der Waals surface area contributed by atoms with E-state index in [1.165, 1.54) is 5.56 Å². The highest BCUT2D eigenvalue weighted by Gasteiger charge is 2.66. The lowest BCUT2D eigenvalue weighted by Gasteiger charge is -2.65. The van der Waals surface area contributed by atoms with Gasteiger partial charge in [0.15, 0.2) is 0 Å². The van der Waals surface area contributed by atoms with Gasteiger partial charge in [-0.25, -0.2) is 4.85 Å². The minimum atomic E-state index is -0.243. The Balaban J connectivity index is 1.59. The van der Waals surface area contributed by atoms with Crippen molar-refractivity contribution >= 4 is 23.2 Å². The molecule has 0 bridgehead atoms. The van der Waals surface area contributed by atoms with Crippen molar-refractivity contribution in [3.8, 4) is 5.75 Å². The quantitative estimate of drug-likeness (QED) is 0.491. The third kappa shape index (κ3) is 3.31. The van der Waals surface area contributed by atoms with Gasteiger partial charge in [-0.15, -0.1) is 0 Å². The zero-order valence-corrected chi connectivity index (χ0v) is 19.7. The molecule has 4 rings (SSSR count). The number of benzene rings is 2. The second kappa shape index (κ2) is 7.28. The number of carbonyl (C=O) groups is 1. The van der Waals surface area contributed by atoms with Gasteiger partial charge in [0.25, 0.3) is 5.91 Å². The highest BCUT2D eigenvalue weighted by atomic mass is 35.5. The summed E-state index contributed by atoms with van der Waals surface area (Å²) in [5.41, 5.74) is 3.07. The molecule has 0 saturated heterocycles. The summed E-state index contributed by atoms with van der Waals surface area (Å²) >= 11 is 6.21. The normalized spacial score (nSPS) is 23.3. The molecular weight excluding hydrogens is 408 g/mol. The second-order valence-corrected chi connectivity index (χ2v) is 10.7. The van der Waals surface area contributed by atoms with Gasteiger partial charge < -0.3 is 9.64 Å². The van der Waals surface area contributed by atoms with Crippen molar-refractivity contribution in [2.24, 2.45) is 10.8 Å². The Kier molecular flexibility index (Phi) is 5.10. The van der Waals surface area contributed by atoms with Crippen molar-refractivity contribution < 1.29 is 9.53 Å². The molecular formula is C26H29ClN2O2. The molecule has 2 aromatic carbocycles. The van der Waals surface area contributed by atoms with Gasteiger partial charge >= 0.3 is 0 Å². The minimum Gasteiger partial charge on any atom is -0.489 e. The van der Waals surface area contributed by atoms with Crippen molar-refractivity contribution in [1.29, 1.82) is 0 Å². The standard InChI is InChI=1S/C26H29ClN2O2/c1-15(2)16-8-9-17-14-29(22(30)19(17)12-16)23-25(3,4)24(26(23,5)6)31-18-10-11-21(28-7)20(27)13-18/h8-13,15,23-24H,14H2,1-6H3. The summed E-state index contributed by atoms with van der Waals surface area (Å²) < 4.78 is 6.39. The Morgan fingerprint density at radius 2 is 1.81 bits per heavy atom. The van der Waals surface area contributed by atoms with Crippen LogP contribution in [0.3, 0.4) is 0 Å². The van der Waals surface area contributed by atoms with E-state index in [9.17, 15) is 4.79 Å². The fourth-order valence-electron chi connectivity index (χ4n) is 5.91. The lowest BCUT2D eigenvalue weighted by Crippen LogP contribution is -2.74. The molecule has 1 amide bonds. The first-order valence-corrected chi connectivity index (χ1v) is 11.1. The maximum Gasteiger partial charge on any atom is 0.254 e. The molecule has 2 aliphatic rings. The van der Waals surface area contributed by atoms with E-state index in [4.69, 9.17) is 22.9 Å². The maximum atomic E-state index is 13.4. The molecule has 4 nitrogen and oxygen atoms in total. The molecule has 0 radical (unpaired) electrons. The molecule has 0 N–H and O–H groups in total. The largest absolute Gasteiger partial charge is 0.489 e. The van der Waals surface area contributed by atoms with Gasteiger partial charge in [-0.3, -0.25) is 4.79 Å². The minimum absolute atomic E-state index is 0.0467. The molecule has 2 aromatic rings. The first-order valence-electron chi connectivity index (χ1n) is 10.8. The van der Waals surface area contributed by atoms with Crippen LogP contribution in [0.25, 0.3) is 4.85 Å². The van der Waals surface area contributed by atoms with E-state index in [-0.39, 0.29) is 28.9 Å². The summed E-state index contributed by atoms with van der Waals surface area (Å²) in [5.74, 6) is 1.16. The zero-order chi connectivity index (χ0) is 22.7. The predicted molar refractivity (Wildman–Crippen MR) is 124 cm³/mol. The number of rotatable bonds is 4. The van der Waals surface area contributed by atoms with Crippen LogP contribution in [0.5, 0.6) is 5.75 Å². The monoisotopic (exact) mass is 436 g/mol. The summed E-state index contributed by atoms with van der Waals surface area (Å²) in [4.78, 5) is 18.8. The van der Waals surface area contributed by atoms with Crippen molar-refractivity contribution in [3.05, 3.63) is 69.5 Å². The molecule has 31 heavy (non-hydrogen) atoms. The van der Waals surface area contributed by atoms with Gasteiger partial charge in [0, 0.05) is 29.0 Å². The number of ether oxygens (including phenoxy) is 1. The van der Waals surface area contributed by atoms with Crippen molar-refractivity contribution in [3.63, 3.8) is 0 Å². The average molecular weight is 437 g/mol. The molecule has 1 saturated carbocycles. The zero-order valence-electron chi connectivity index (χ0n) is 19.0. The maximum absolute atomic E-state index is 13.4. The van der Waals surface area contributed by atoms with Crippen molar-refractivity contribution in [1.82, 2.24) is 4.90 Å². The van der Waals surface area contributed by atoms with E-state index in [0.717, 1.165) is 11.1 Å². The summed E-state index contributed by atoms with van der Waals surface area (Å²) in [6, 6.07) is 11.5. The van der Waals surface area contributed by atoms with Crippen LogP contribution in [-0.4, -0.2) is 23.0 Å². The molecule has 0 unspecified atom stereocenters. The lowest BCUT2D eigenvalue weighted by molar-refractivity contribution is -0.199. The summed E-state index contributed by atoms with van der Waals surface area (Å²) in [6.45, 7) is 20.8. The topological polar surface area (TPSA) is 33.9 Å². The third-order valence-corrected chi connectivity index (χ3v) is 7.30. The number of hydrogen-bond acceptors (Lipinski definition) is 2. The van der Waals surface area contributed by atoms with Gasteiger partial charge in [-0.2, -0.15) is 0 Å². The Labute approximate surface area is 190 Å². The number of fused-ring (bicyclic) bond motifs is 1. The third-order valence-electron chi connectivity index (χ3n) is 7.00. The Morgan fingerprint density at radius 3 is 2.39 bits per heavy atom. The highest BCUT2D eigenvalue weighted by molar-refractivity contribution is 6.33. The van der Waals surface area contributed by atoms with Gasteiger partial charge in [0.1, 0.15) is 11.9 Å². The average Bonchev–Trinajstić information content (AvgIpc) is 3.00. The smallest absolute Gasteiger partial charge is 0.254 e. The van der Waals surface area contributed by atoms with E-state index >= 15 is 0 Å². The first kappa shape index (κ1) is 21.7. The molecule has 162 valence electrons. The van der Waals surface area contributed by atoms with Crippen LogP contribution >= 0.6 is 11.6 Å². The summed E-state index contributed by atoms with van der Waals surface area (Å²) in [5, 5.41) is 0.394. The summed E-state index contributed by atoms with van der Waals surface area (Å²) in [7, 11) is 0. The number of carbonyl (C=O) groups excluding carboxylic acids is 1. The molecule has 5 heteroatoms. The lowest BCUT2D eigenvalue weighted by atomic mass is 9.49. The number of halogens is 1. The van der Waals surface area contributed by atoms with Crippen molar-refractivity contribution in [2.45, 2.75) is 66.2 Å². The van der Waals surface area contributed by atoms with E-state index < -0.39 is 0 Å². The highest BCUT2D eigenvalue weighted by Crippen LogP contribution is 2.59. The first-order chi connectivity index (χ1) is 14.5. The van der Waals surface area contributed by atoms with Crippen LogP contribution in [0.2, 0.25) is 5.02 Å². The molecule has 0 atom stereocenters. The van der Waals surface area contributed by atoms with E-state index in [2.05, 4.69) is 64.6 Å². The van der Waals surface area contributed by atoms with Crippen LogP contribution < -0.4 is 4.74 Å². The predicted octanol–water partition coefficient (Wildman–Crippen LogP) is 6.85. The van der Waals surface area contributed by atoms with Crippen LogP contribution in [-0.2, 0) is 6.54 Å². The van der Waals surface area contributed by atoms with E-state index in [1.54, 1.807) is 18.2 Å². The van der Waals surface area contributed by atoms with E-state index in [1.807, 2.05) is 4.90 Å². The SMILES string of the molecule is [C-]#[N+]c1ccc(OC2C(C)(C)C(N3Cc4ccc(C(C)C)cc4C3=O)C2(C)C)cc1Cl. The number of amides is 1. The van der Waals surface area contributed by atoms with Crippen LogP contribution in [0.1, 0.15) is 68.9 Å². The summed E-state index contributed by atoms with van der Waals surface area (Å²) in [6.07, 6.45) is -0.0948. The molecule has 1 fully saturated rings. The van der Waals surface area contributed by atoms with Crippen LogP contribution in [0, 0.1) is 17.4 Å². The number of nitrogens with zero attached hydrogens (tertiary/aromatic N) is 2. The fourth-order valence-corrected chi connectivity index (χ4v) is 6.12. The molecule has 0 spiro atoms. The Morgan fingerprint density at radius 1 is 1.13 bits per heavy atom. The van der Waals surface area contributed by atoms with Gasteiger partial charge in [-0.05, 0) is 35.2 Å². The van der Waals surface area contributed by atoms with Crippen molar-refractivity contribution in [2.75, 3.05) is 0 Å². The molecule has 1 aliphatic heterocycles. The Hall–Kier alpha value is -2.51. The second-order valence-electron chi connectivity index (χ2n) is 10.3. The Bertz CT molecular complexity index is 1080. The fraction of sp³-hybridized carbons (Fsp3) is 0.462. The molecule has 1 heterocycles. The van der Waals surface area contributed by atoms with E-state index in [0.29, 0.717) is 28.9 Å².